The minimum atomic E-state index is -0.210. The van der Waals surface area contributed by atoms with E-state index < -0.39 is 0 Å². The van der Waals surface area contributed by atoms with Gasteiger partial charge in [0.2, 0.25) is 0 Å². The Morgan fingerprint density at radius 3 is 2.59 bits per heavy atom. The molecule has 158 valence electrons. The van der Waals surface area contributed by atoms with Gasteiger partial charge in [-0.15, -0.1) is 24.0 Å². The highest BCUT2D eigenvalue weighted by Crippen LogP contribution is 2.22. The van der Waals surface area contributed by atoms with Crippen molar-refractivity contribution in [2.75, 3.05) is 39.9 Å². The van der Waals surface area contributed by atoms with E-state index in [-0.39, 0.29) is 35.8 Å². The molecule has 1 unspecified atom stereocenters. The molecule has 0 radical (unpaired) electrons. The maximum Gasteiger partial charge on any atom is 0.191 e. The molecule has 0 bridgehead atoms. The second-order valence-corrected chi connectivity index (χ2v) is 7.01. The van der Waals surface area contributed by atoms with Crippen molar-refractivity contribution in [2.45, 2.75) is 19.5 Å². The van der Waals surface area contributed by atoms with Crippen LogP contribution >= 0.6 is 24.0 Å². The Hall–Kier alpha value is -1.71. The number of guanidine groups is 1. The summed E-state index contributed by atoms with van der Waals surface area (Å²) in [6.07, 6.45) is 0. The largest absolute Gasteiger partial charge is 0.379 e. The normalized spacial score (nSPS) is 16.0. The van der Waals surface area contributed by atoms with E-state index >= 15 is 0 Å². The smallest absolute Gasteiger partial charge is 0.191 e. The number of nitrogens with one attached hydrogen (secondary N) is 2. The van der Waals surface area contributed by atoms with Crippen LogP contribution in [0.15, 0.2) is 53.5 Å². The SMILES string of the molecule is CN=C(NCc1cccc(C)c1)NCC(c1cccc(F)c1)N1CCOCC1.I. The van der Waals surface area contributed by atoms with Gasteiger partial charge in [-0.1, -0.05) is 42.0 Å². The van der Waals surface area contributed by atoms with E-state index in [1.165, 1.54) is 17.2 Å². The second-order valence-electron chi connectivity index (χ2n) is 7.01. The summed E-state index contributed by atoms with van der Waals surface area (Å²) in [6.45, 7) is 6.48. The molecule has 1 atom stereocenters. The van der Waals surface area contributed by atoms with Gasteiger partial charge in [-0.3, -0.25) is 9.89 Å². The molecule has 29 heavy (non-hydrogen) atoms. The lowest BCUT2D eigenvalue weighted by molar-refractivity contribution is 0.0169. The number of halogens is 2. The predicted octanol–water partition coefficient (Wildman–Crippen LogP) is 3.49. The van der Waals surface area contributed by atoms with Gasteiger partial charge in [0.1, 0.15) is 5.82 Å². The summed E-state index contributed by atoms with van der Waals surface area (Å²) in [5.41, 5.74) is 3.40. The van der Waals surface area contributed by atoms with E-state index in [4.69, 9.17) is 4.74 Å². The molecule has 1 fully saturated rings. The van der Waals surface area contributed by atoms with Crippen LogP contribution in [0.4, 0.5) is 4.39 Å². The Kier molecular flexibility index (Phi) is 9.83. The van der Waals surface area contributed by atoms with Crippen molar-refractivity contribution in [1.82, 2.24) is 15.5 Å². The quantitative estimate of drug-likeness (QED) is 0.354. The van der Waals surface area contributed by atoms with Gasteiger partial charge in [0.05, 0.1) is 19.3 Å². The predicted molar refractivity (Wildman–Crippen MR) is 126 cm³/mol. The fourth-order valence-electron chi connectivity index (χ4n) is 3.48. The number of aliphatic imine (C=N–C) groups is 1. The molecule has 1 aliphatic heterocycles. The average Bonchev–Trinajstić information content (AvgIpc) is 2.71. The van der Waals surface area contributed by atoms with Gasteiger partial charge in [0.25, 0.3) is 0 Å². The van der Waals surface area contributed by atoms with E-state index in [0.717, 1.165) is 24.6 Å². The molecule has 1 aliphatic rings. The monoisotopic (exact) mass is 512 g/mol. The summed E-state index contributed by atoms with van der Waals surface area (Å²) in [7, 11) is 1.76. The highest BCUT2D eigenvalue weighted by atomic mass is 127. The van der Waals surface area contributed by atoms with Crippen LogP contribution < -0.4 is 10.6 Å². The fourth-order valence-corrected chi connectivity index (χ4v) is 3.48. The first-order valence-electron chi connectivity index (χ1n) is 9.73. The van der Waals surface area contributed by atoms with Crippen molar-refractivity contribution in [3.63, 3.8) is 0 Å². The first-order chi connectivity index (χ1) is 13.7. The van der Waals surface area contributed by atoms with Crippen LogP contribution in [0, 0.1) is 12.7 Å². The van der Waals surface area contributed by atoms with Crippen LogP contribution in [0.2, 0.25) is 0 Å². The first kappa shape index (κ1) is 23.6. The molecule has 0 spiro atoms. The third-order valence-electron chi connectivity index (χ3n) is 4.95. The summed E-state index contributed by atoms with van der Waals surface area (Å²) >= 11 is 0. The molecule has 2 N–H and O–H groups in total. The Balaban J connectivity index is 0.00000300. The molecule has 3 rings (SSSR count). The minimum absolute atomic E-state index is 0. The minimum Gasteiger partial charge on any atom is -0.379 e. The number of ether oxygens (including phenoxy) is 1. The van der Waals surface area contributed by atoms with Gasteiger partial charge in [-0.25, -0.2) is 4.39 Å². The van der Waals surface area contributed by atoms with Crippen molar-refractivity contribution in [1.29, 1.82) is 0 Å². The summed E-state index contributed by atoms with van der Waals surface area (Å²) in [5, 5.41) is 6.76. The molecular weight excluding hydrogens is 482 g/mol. The number of hydrogen-bond acceptors (Lipinski definition) is 3. The molecule has 0 aromatic heterocycles. The van der Waals surface area contributed by atoms with Crippen molar-refractivity contribution in [2.24, 2.45) is 4.99 Å². The number of rotatable bonds is 6. The number of benzene rings is 2. The topological polar surface area (TPSA) is 48.9 Å². The number of morpholine rings is 1. The van der Waals surface area contributed by atoms with E-state index in [9.17, 15) is 4.39 Å². The maximum atomic E-state index is 13.8. The number of hydrogen-bond donors (Lipinski definition) is 2. The standard InChI is InChI=1S/C22H29FN4O.HI/c1-17-5-3-6-18(13-17)15-25-22(24-2)26-16-21(27-9-11-28-12-10-27)19-7-4-8-20(23)14-19;/h3-8,13-14,21H,9-12,15-16H2,1-2H3,(H2,24,25,26);1H. The Morgan fingerprint density at radius 1 is 1.14 bits per heavy atom. The van der Waals surface area contributed by atoms with Gasteiger partial charge in [0.15, 0.2) is 5.96 Å². The Labute approximate surface area is 189 Å². The van der Waals surface area contributed by atoms with E-state index in [1.807, 2.05) is 6.07 Å². The average molecular weight is 512 g/mol. The summed E-state index contributed by atoms with van der Waals surface area (Å²) < 4.78 is 19.3. The summed E-state index contributed by atoms with van der Waals surface area (Å²) in [4.78, 5) is 6.66. The Morgan fingerprint density at radius 2 is 1.90 bits per heavy atom. The molecule has 5 nitrogen and oxygen atoms in total. The van der Waals surface area contributed by atoms with Gasteiger partial charge in [0, 0.05) is 33.2 Å². The van der Waals surface area contributed by atoms with Crippen molar-refractivity contribution in [3.8, 4) is 0 Å². The summed E-state index contributed by atoms with van der Waals surface area (Å²) in [5.74, 6) is 0.522. The van der Waals surface area contributed by atoms with E-state index in [1.54, 1.807) is 19.2 Å². The third-order valence-corrected chi connectivity index (χ3v) is 4.95. The molecule has 0 amide bonds. The number of nitrogens with zero attached hydrogens (tertiary/aromatic N) is 2. The maximum absolute atomic E-state index is 13.8. The van der Waals surface area contributed by atoms with Crippen LogP contribution in [0.3, 0.4) is 0 Å². The van der Waals surface area contributed by atoms with Gasteiger partial charge >= 0.3 is 0 Å². The Bertz CT molecular complexity index is 796. The zero-order valence-electron chi connectivity index (χ0n) is 17.0. The lowest BCUT2D eigenvalue weighted by atomic mass is 10.0. The third kappa shape index (κ3) is 7.24. The second kappa shape index (κ2) is 12.1. The summed E-state index contributed by atoms with van der Waals surface area (Å²) in [6, 6.07) is 15.3. The van der Waals surface area contributed by atoms with Crippen LogP contribution in [0.25, 0.3) is 0 Å². The fraction of sp³-hybridized carbons (Fsp3) is 0.409. The van der Waals surface area contributed by atoms with Gasteiger partial charge in [-0.2, -0.15) is 0 Å². The molecule has 1 heterocycles. The lowest BCUT2D eigenvalue weighted by Gasteiger charge is -2.35. The molecular formula is C22H30FIN4O. The van der Waals surface area contributed by atoms with Gasteiger partial charge in [-0.05, 0) is 30.2 Å². The molecule has 1 saturated heterocycles. The number of aryl methyl sites for hydroxylation is 1. The molecule has 2 aromatic rings. The van der Waals surface area contributed by atoms with Crippen molar-refractivity contribution < 1.29 is 9.13 Å². The molecule has 7 heteroatoms. The highest BCUT2D eigenvalue weighted by Gasteiger charge is 2.23. The van der Waals surface area contributed by atoms with Crippen molar-refractivity contribution in [3.05, 3.63) is 71.0 Å². The zero-order chi connectivity index (χ0) is 19.8. The molecule has 0 aliphatic carbocycles. The van der Waals surface area contributed by atoms with E-state index in [0.29, 0.717) is 26.3 Å². The molecule has 2 aromatic carbocycles. The van der Waals surface area contributed by atoms with Crippen LogP contribution in [-0.4, -0.2) is 50.8 Å². The molecule has 0 saturated carbocycles. The van der Waals surface area contributed by atoms with Crippen LogP contribution in [0.5, 0.6) is 0 Å². The van der Waals surface area contributed by atoms with Crippen molar-refractivity contribution >= 4 is 29.9 Å². The lowest BCUT2D eigenvalue weighted by Crippen LogP contribution is -2.46. The highest BCUT2D eigenvalue weighted by molar-refractivity contribution is 14.0. The zero-order valence-corrected chi connectivity index (χ0v) is 19.4. The first-order valence-corrected chi connectivity index (χ1v) is 9.73. The van der Waals surface area contributed by atoms with E-state index in [2.05, 4.69) is 51.7 Å². The van der Waals surface area contributed by atoms with Gasteiger partial charge < -0.3 is 15.4 Å². The van der Waals surface area contributed by atoms with Crippen LogP contribution in [0.1, 0.15) is 22.7 Å². The van der Waals surface area contributed by atoms with Crippen LogP contribution in [-0.2, 0) is 11.3 Å².